The van der Waals surface area contributed by atoms with Crippen molar-refractivity contribution in [2.75, 3.05) is 5.73 Å². The van der Waals surface area contributed by atoms with E-state index in [1.807, 2.05) is 18.2 Å². The second-order valence-corrected chi connectivity index (χ2v) is 6.38. The van der Waals surface area contributed by atoms with Gasteiger partial charge in [0.15, 0.2) is 4.34 Å². The molecular weight excluding hydrogens is 293 g/mol. The summed E-state index contributed by atoms with van der Waals surface area (Å²) in [5, 5.41) is 9.03. The van der Waals surface area contributed by atoms with Gasteiger partial charge in [-0.1, -0.05) is 11.8 Å². The minimum Gasteiger partial charge on any atom is -0.399 e. The number of anilines is 1. The van der Waals surface area contributed by atoms with E-state index in [2.05, 4.69) is 4.98 Å². The lowest BCUT2D eigenvalue weighted by atomic mass is 10.2. The standard InChI is InChI=1S/C14H8FN3S2/c15-9-1-4-12(8(5-9)7-16)19-14-18-11-3-2-10(17)6-13(11)20-14/h1-6H,17H2. The van der Waals surface area contributed by atoms with Gasteiger partial charge in [-0.15, -0.1) is 11.3 Å². The predicted octanol–water partition coefficient (Wildman–Crippen LogP) is 4.04. The van der Waals surface area contributed by atoms with Gasteiger partial charge in [0, 0.05) is 10.6 Å². The first-order valence-electron chi connectivity index (χ1n) is 5.69. The van der Waals surface area contributed by atoms with Crippen LogP contribution in [0.2, 0.25) is 0 Å². The zero-order valence-corrected chi connectivity index (χ0v) is 11.8. The third-order valence-corrected chi connectivity index (χ3v) is 4.81. The maximum atomic E-state index is 13.1. The molecule has 6 heteroatoms. The average molecular weight is 301 g/mol. The van der Waals surface area contributed by atoms with Gasteiger partial charge in [-0.25, -0.2) is 9.37 Å². The van der Waals surface area contributed by atoms with Gasteiger partial charge in [0.25, 0.3) is 0 Å². The number of rotatable bonds is 2. The van der Waals surface area contributed by atoms with Crippen LogP contribution in [-0.2, 0) is 0 Å². The minimum atomic E-state index is -0.414. The molecule has 3 aromatic rings. The highest BCUT2D eigenvalue weighted by Crippen LogP contribution is 2.36. The Kier molecular flexibility index (Phi) is 3.30. The van der Waals surface area contributed by atoms with Crippen molar-refractivity contribution in [2.24, 2.45) is 0 Å². The molecule has 20 heavy (non-hydrogen) atoms. The van der Waals surface area contributed by atoms with Crippen LogP contribution >= 0.6 is 23.1 Å². The van der Waals surface area contributed by atoms with Crippen molar-refractivity contribution in [1.29, 1.82) is 5.26 Å². The lowest BCUT2D eigenvalue weighted by Gasteiger charge is -2.00. The number of hydrogen-bond acceptors (Lipinski definition) is 5. The van der Waals surface area contributed by atoms with Crippen LogP contribution in [0.5, 0.6) is 0 Å². The lowest BCUT2D eigenvalue weighted by Crippen LogP contribution is -1.83. The van der Waals surface area contributed by atoms with Crippen LogP contribution in [0, 0.1) is 17.1 Å². The Bertz CT molecular complexity index is 836. The van der Waals surface area contributed by atoms with Crippen LogP contribution in [0.15, 0.2) is 45.6 Å². The maximum Gasteiger partial charge on any atom is 0.155 e. The van der Waals surface area contributed by atoms with Gasteiger partial charge in [-0.3, -0.25) is 0 Å². The zero-order valence-electron chi connectivity index (χ0n) is 10.1. The van der Waals surface area contributed by atoms with E-state index < -0.39 is 5.82 Å². The number of thiazole rings is 1. The fourth-order valence-electron chi connectivity index (χ4n) is 1.74. The van der Waals surface area contributed by atoms with Gasteiger partial charge in [-0.2, -0.15) is 5.26 Å². The van der Waals surface area contributed by atoms with E-state index in [4.69, 9.17) is 11.0 Å². The van der Waals surface area contributed by atoms with Crippen LogP contribution in [0.1, 0.15) is 5.56 Å². The summed E-state index contributed by atoms with van der Waals surface area (Å²) in [6, 6.07) is 11.7. The zero-order chi connectivity index (χ0) is 14.1. The summed E-state index contributed by atoms with van der Waals surface area (Å²) < 4.78 is 14.9. The number of nitrogens with two attached hydrogens (primary N) is 1. The average Bonchev–Trinajstić information content (AvgIpc) is 2.82. The molecule has 1 aromatic heterocycles. The largest absolute Gasteiger partial charge is 0.399 e. The van der Waals surface area contributed by atoms with E-state index >= 15 is 0 Å². The second-order valence-electron chi connectivity index (χ2n) is 4.06. The molecule has 98 valence electrons. The first-order chi connectivity index (χ1) is 9.65. The molecule has 0 aliphatic rings. The van der Waals surface area contributed by atoms with Crippen LogP contribution in [-0.4, -0.2) is 4.98 Å². The molecule has 0 saturated carbocycles. The Hall–Kier alpha value is -2.10. The maximum absolute atomic E-state index is 13.1. The molecule has 0 aliphatic carbocycles. The van der Waals surface area contributed by atoms with Crippen molar-refractivity contribution in [2.45, 2.75) is 9.24 Å². The normalized spacial score (nSPS) is 10.6. The monoisotopic (exact) mass is 301 g/mol. The van der Waals surface area contributed by atoms with Gasteiger partial charge >= 0.3 is 0 Å². The van der Waals surface area contributed by atoms with Gasteiger partial charge in [-0.05, 0) is 36.4 Å². The van der Waals surface area contributed by atoms with Crippen molar-refractivity contribution >= 4 is 39.0 Å². The van der Waals surface area contributed by atoms with Crippen molar-refractivity contribution in [3.05, 3.63) is 47.8 Å². The molecule has 0 unspecified atom stereocenters. The predicted molar refractivity (Wildman–Crippen MR) is 79.3 cm³/mol. The van der Waals surface area contributed by atoms with E-state index in [1.165, 1.54) is 35.2 Å². The van der Waals surface area contributed by atoms with Crippen molar-refractivity contribution in [3.8, 4) is 6.07 Å². The Morgan fingerprint density at radius 1 is 1.25 bits per heavy atom. The van der Waals surface area contributed by atoms with E-state index in [-0.39, 0.29) is 0 Å². The van der Waals surface area contributed by atoms with Crippen molar-refractivity contribution in [1.82, 2.24) is 4.98 Å². The Balaban J connectivity index is 1.99. The van der Waals surface area contributed by atoms with Gasteiger partial charge in [0.05, 0.1) is 15.8 Å². The third-order valence-electron chi connectivity index (χ3n) is 2.65. The van der Waals surface area contributed by atoms with Crippen LogP contribution in [0.25, 0.3) is 10.2 Å². The first kappa shape index (κ1) is 12.9. The molecular formula is C14H8FN3S2. The number of nitrogen functional groups attached to an aromatic ring is 1. The smallest absolute Gasteiger partial charge is 0.155 e. The molecule has 2 aromatic carbocycles. The highest BCUT2D eigenvalue weighted by molar-refractivity contribution is 8.01. The highest BCUT2D eigenvalue weighted by atomic mass is 32.2. The first-order valence-corrected chi connectivity index (χ1v) is 7.32. The molecule has 0 fully saturated rings. The van der Waals surface area contributed by atoms with Crippen LogP contribution < -0.4 is 5.73 Å². The number of fused-ring (bicyclic) bond motifs is 1. The summed E-state index contributed by atoms with van der Waals surface area (Å²) in [6.07, 6.45) is 0. The Labute approximate surface area is 122 Å². The van der Waals surface area contributed by atoms with Crippen LogP contribution in [0.3, 0.4) is 0 Å². The molecule has 0 spiro atoms. The topological polar surface area (TPSA) is 62.7 Å². The summed E-state index contributed by atoms with van der Waals surface area (Å²) in [4.78, 5) is 5.17. The second kappa shape index (κ2) is 5.12. The molecule has 3 nitrogen and oxygen atoms in total. The lowest BCUT2D eigenvalue weighted by molar-refractivity contribution is 0.626. The highest BCUT2D eigenvalue weighted by Gasteiger charge is 2.10. The quantitative estimate of drug-likeness (QED) is 0.726. The van der Waals surface area contributed by atoms with E-state index in [0.717, 1.165) is 14.6 Å². The number of aromatic nitrogens is 1. The Morgan fingerprint density at radius 3 is 2.90 bits per heavy atom. The number of nitriles is 1. The number of benzene rings is 2. The SMILES string of the molecule is N#Cc1cc(F)ccc1Sc1nc2ccc(N)cc2s1. The minimum absolute atomic E-state index is 0.314. The summed E-state index contributed by atoms with van der Waals surface area (Å²) in [7, 11) is 0. The van der Waals surface area contributed by atoms with E-state index in [9.17, 15) is 4.39 Å². The van der Waals surface area contributed by atoms with Gasteiger partial charge in [0.1, 0.15) is 11.9 Å². The molecule has 0 saturated heterocycles. The molecule has 0 aliphatic heterocycles. The van der Waals surface area contributed by atoms with Gasteiger partial charge < -0.3 is 5.73 Å². The molecule has 1 heterocycles. The number of hydrogen-bond donors (Lipinski definition) is 1. The summed E-state index contributed by atoms with van der Waals surface area (Å²) >= 11 is 2.85. The summed E-state index contributed by atoms with van der Waals surface area (Å²) in [5.41, 5.74) is 7.61. The summed E-state index contributed by atoms with van der Waals surface area (Å²) in [6.45, 7) is 0. The van der Waals surface area contributed by atoms with Crippen LogP contribution in [0.4, 0.5) is 10.1 Å². The molecule has 0 radical (unpaired) electrons. The molecule has 0 amide bonds. The number of nitrogens with zero attached hydrogens (tertiary/aromatic N) is 2. The van der Waals surface area contributed by atoms with Crippen molar-refractivity contribution in [3.63, 3.8) is 0 Å². The molecule has 2 N–H and O–H groups in total. The molecule has 0 atom stereocenters. The van der Waals surface area contributed by atoms with E-state index in [1.54, 1.807) is 12.1 Å². The number of halogens is 1. The third kappa shape index (κ3) is 2.46. The van der Waals surface area contributed by atoms with Gasteiger partial charge in [0.2, 0.25) is 0 Å². The Morgan fingerprint density at radius 2 is 2.10 bits per heavy atom. The van der Waals surface area contributed by atoms with Crippen molar-refractivity contribution < 1.29 is 4.39 Å². The fourth-order valence-corrected chi connectivity index (χ4v) is 3.87. The fraction of sp³-hybridized carbons (Fsp3) is 0. The molecule has 3 rings (SSSR count). The summed E-state index contributed by atoms with van der Waals surface area (Å²) in [5.74, 6) is -0.414. The van der Waals surface area contributed by atoms with E-state index in [0.29, 0.717) is 16.1 Å². The molecule has 0 bridgehead atoms.